The van der Waals surface area contributed by atoms with Crippen LogP contribution < -0.4 is 0 Å². The van der Waals surface area contributed by atoms with Gasteiger partial charge in [0.05, 0.1) is 0 Å². The van der Waals surface area contributed by atoms with E-state index >= 15 is 0 Å². The molecule has 2 heterocycles. The molecule has 0 aromatic carbocycles. The molecule has 1 fully saturated rings. The van der Waals surface area contributed by atoms with E-state index in [2.05, 4.69) is 4.99 Å². The zero-order chi connectivity index (χ0) is 18.9. The van der Waals surface area contributed by atoms with Crippen LogP contribution in [0.3, 0.4) is 0 Å². The molecule has 0 saturated carbocycles. The Hall–Kier alpha value is -1.59. The molecule has 0 aromatic heterocycles. The molecule has 0 spiro atoms. The third-order valence-electron chi connectivity index (χ3n) is 4.27. The molecule has 6 nitrogen and oxygen atoms in total. The van der Waals surface area contributed by atoms with Crippen LogP contribution in [0.1, 0.15) is 73.6 Å². The fourth-order valence-electron chi connectivity index (χ4n) is 3.31. The van der Waals surface area contributed by atoms with Gasteiger partial charge in [-0.05, 0) is 67.2 Å². The number of hydrogen-bond donors (Lipinski definition) is 0. The second-order valence-electron chi connectivity index (χ2n) is 8.87. The number of esters is 2. The van der Waals surface area contributed by atoms with Crippen molar-refractivity contribution in [1.82, 2.24) is 4.90 Å². The van der Waals surface area contributed by atoms with Crippen LogP contribution in [0.15, 0.2) is 4.99 Å². The Morgan fingerprint density at radius 3 is 2.04 bits per heavy atom. The number of hydrogen-bond acceptors (Lipinski definition) is 6. The van der Waals surface area contributed by atoms with Gasteiger partial charge in [0.25, 0.3) is 0 Å². The molecule has 0 N–H and O–H groups in total. The van der Waals surface area contributed by atoms with Crippen molar-refractivity contribution in [3.05, 3.63) is 0 Å². The molecule has 0 atom stereocenters. The first-order valence-electron chi connectivity index (χ1n) is 9.24. The molecule has 142 valence electrons. The minimum absolute atomic E-state index is 0.399. The quantitative estimate of drug-likeness (QED) is 0.564. The molecule has 6 heteroatoms. The van der Waals surface area contributed by atoms with Crippen molar-refractivity contribution in [3.63, 3.8) is 0 Å². The molecular formula is C19H32N2O4. The fraction of sp³-hybridized carbons (Fsp3) is 0.842. The number of carbonyl (C=O) groups is 2. The number of rotatable bonds is 2. The van der Waals surface area contributed by atoms with Crippen molar-refractivity contribution in [2.45, 2.75) is 90.4 Å². The van der Waals surface area contributed by atoms with E-state index in [-0.39, 0.29) is 0 Å². The summed E-state index contributed by atoms with van der Waals surface area (Å²) in [6, 6.07) is 0. The van der Waals surface area contributed by atoms with Gasteiger partial charge in [0, 0.05) is 19.5 Å². The molecule has 1 saturated heterocycles. The lowest BCUT2D eigenvalue weighted by molar-refractivity contribution is -0.185. The van der Waals surface area contributed by atoms with Crippen LogP contribution in [0.2, 0.25) is 0 Å². The second-order valence-corrected chi connectivity index (χ2v) is 8.87. The first kappa shape index (κ1) is 19.7. The maximum atomic E-state index is 13.3. The topological polar surface area (TPSA) is 68.2 Å². The highest BCUT2D eigenvalue weighted by molar-refractivity contribution is 6.09. The van der Waals surface area contributed by atoms with Gasteiger partial charge < -0.3 is 14.4 Å². The van der Waals surface area contributed by atoms with Gasteiger partial charge in [-0.15, -0.1) is 0 Å². The normalized spacial score (nSPS) is 20.9. The minimum Gasteiger partial charge on any atom is -0.458 e. The summed E-state index contributed by atoms with van der Waals surface area (Å²) in [7, 11) is 0. The summed E-state index contributed by atoms with van der Waals surface area (Å²) in [4.78, 5) is 33.0. The molecular weight excluding hydrogens is 320 g/mol. The molecule has 2 aliphatic heterocycles. The van der Waals surface area contributed by atoms with Gasteiger partial charge >= 0.3 is 11.9 Å². The highest BCUT2D eigenvalue weighted by Crippen LogP contribution is 2.35. The van der Waals surface area contributed by atoms with Gasteiger partial charge in [0.1, 0.15) is 17.0 Å². The molecule has 2 aliphatic rings. The molecule has 0 radical (unpaired) electrons. The molecule has 0 amide bonds. The first-order chi connectivity index (χ1) is 11.5. The smallest absolute Gasteiger partial charge is 0.344 e. The maximum absolute atomic E-state index is 13.3. The van der Waals surface area contributed by atoms with Gasteiger partial charge in [-0.3, -0.25) is 4.99 Å². The van der Waals surface area contributed by atoms with Crippen molar-refractivity contribution in [2.75, 3.05) is 13.1 Å². The predicted octanol–water partition coefficient (Wildman–Crippen LogP) is 3.09. The van der Waals surface area contributed by atoms with Crippen LogP contribution in [0.5, 0.6) is 0 Å². The van der Waals surface area contributed by atoms with E-state index in [9.17, 15) is 9.59 Å². The van der Waals surface area contributed by atoms with E-state index in [0.29, 0.717) is 13.0 Å². The van der Waals surface area contributed by atoms with Crippen molar-refractivity contribution < 1.29 is 19.1 Å². The lowest BCUT2D eigenvalue weighted by Gasteiger charge is -2.43. The van der Waals surface area contributed by atoms with Crippen LogP contribution in [0, 0.1) is 0 Å². The van der Waals surface area contributed by atoms with E-state index in [1.54, 1.807) is 0 Å². The third-order valence-corrected chi connectivity index (χ3v) is 4.27. The van der Waals surface area contributed by atoms with Gasteiger partial charge in [-0.25, -0.2) is 9.59 Å². The first-order valence-corrected chi connectivity index (χ1v) is 9.24. The Kier molecular flexibility index (Phi) is 5.50. The van der Waals surface area contributed by atoms with E-state index < -0.39 is 28.7 Å². The number of aliphatic imine (C=N–C) groups is 1. The summed E-state index contributed by atoms with van der Waals surface area (Å²) < 4.78 is 11.4. The van der Waals surface area contributed by atoms with Crippen LogP contribution in [0.4, 0.5) is 0 Å². The summed E-state index contributed by atoms with van der Waals surface area (Å²) >= 11 is 0. The SMILES string of the molecule is CC(C)(C)OC(=O)C1(C(=O)OC(C)(C)C)CCCCC2=NCCCN21. The summed E-state index contributed by atoms with van der Waals surface area (Å²) in [5, 5.41) is 0. The fourth-order valence-corrected chi connectivity index (χ4v) is 3.31. The molecule has 0 aliphatic carbocycles. The lowest BCUT2D eigenvalue weighted by Crippen LogP contribution is -2.65. The van der Waals surface area contributed by atoms with Crippen molar-refractivity contribution in [2.24, 2.45) is 4.99 Å². The zero-order valence-electron chi connectivity index (χ0n) is 16.5. The van der Waals surface area contributed by atoms with E-state index in [4.69, 9.17) is 9.47 Å². The van der Waals surface area contributed by atoms with Crippen LogP contribution in [-0.2, 0) is 19.1 Å². The van der Waals surface area contributed by atoms with E-state index in [1.165, 1.54) is 0 Å². The van der Waals surface area contributed by atoms with Crippen molar-refractivity contribution in [1.29, 1.82) is 0 Å². The Labute approximate surface area is 151 Å². The van der Waals surface area contributed by atoms with Gasteiger partial charge in [0.2, 0.25) is 5.54 Å². The largest absolute Gasteiger partial charge is 0.458 e. The van der Waals surface area contributed by atoms with E-state index in [1.807, 2.05) is 46.4 Å². The average Bonchev–Trinajstić information content (AvgIpc) is 2.64. The molecule has 0 aromatic rings. The van der Waals surface area contributed by atoms with Gasteiger partial charge in [-0.1, -0.05) is 0 Å². The standard InChI is InChI=1S/C19H32N2O4/c1-17(2,3)24-15(22)19(16(23)25-18(4,5)6)11-8-7-10-14-20-12-9-13-21(14)19/h7-13H2,1-6H3. The Morgan fingerprint density at radius 2 is 1.52 bits per heavy atom. The zero-order valence-corrected chi connectivity index (χ0v) is 16.5. The Morgan fingerprint density at radius 1 is 0.960 bits per heavy atom. The molecule has 25 heavy (non-hydrogen) atoms. The van der Waals surface area contributed by atoms with Gasteiger partial charge in [0.15, 0.2) is 0 Å². The maximum Gasteiger partial charge on any atom is 0.344 e. The highest BCUT2D eigenvalue weighted by atomic mass is 16.6. The summed E-state index contributed by atoms with van der Waals surface area (Å²) in [5.41, 5.74) is -2.78. The number of fused-ring (bicyclic) bond motifs is 1. The third kappa shape index (κ3) is 4.53. The van der Waals surface area contributed by atoms with Crippen LogP contribution in [0.25, 0.3) is 0 Å². The van der Waals surface area contributed by atoms with Crippen molar-refractivity contribution in [3.8, 4) is 0 Å². The summed E-state index contributed by atoms with van der Waals surface area (Å²) in [6.45, 7) is 12.3. The van der Waals surface area contributed by atoms with E-state index in [0.717, 1.165) is 38.1 Å². The average molecular weight is 352 g/mol. The summed E-state index contributed by atoms with van der Waals surface area (Å²) in [6.07, 6.45) is 3.66. The van der Waals surface area contributed by atoms with Crippen molar-refractivity contribution >= 4 is 17.8 Å². The van der Waals surface area contributed by atoms with Gasteiger partial charge in [-0.2, -0.15) is 0 Å². The number of nitrogens with zero attached hydrogens (tertiary/aromatic N) is 2. The number of ether oxygens (including phenoxy) is 2. The molecule has 2 rings (SSSR count). The minimum atomic E-state index is -1.43. The lowest BCUT2D eigenvalue weighted by atomic mass is 9.90. The number of amidine groups is 1. The van der Waals surface area contributed by atoms with Crippen LogP contribution in [-0.4, -0.2) is 52.5 Å². The Bertz CT molecular complexity index is 527. The summed E-state index contributed by atoms with van der Waals surface area (Å²) in [5.74, 6) is -0.211. The predicted molar refractivity (Wildman–Crippen MR) is 96.5 cm³/mol. The Balaban J connectivity index is 2.50. The van der Waals surface area contributed by atoms with Crippen LogP contribution >= 0.6 is 0 Å². The molecule has 0 bridgehead atoms. The molecule has 0 unspecified atom stereocenters. The second kappa shape index (κ2) is 6.96. The number of carbonyl (C=O) groups excluding carboxylic acids is 2. The monoisotopic (exact) mass is 352 g/mol. The highest BCUT2D eigenvalue weighted by Gasteiger charge is 2.57.